The van der Waals surface area contributed by atoms with Crippen molar-refractivity contribution in [3.05, 3.63) is 30.2 Å². The van der Waals surface area contributed by atoms with Crippen LogP contribution in [0.3, 0.4) is 0 Å². The fraction of sp³-hybridized carbons (Fsp3) is 0.375. The van der Waals surface area contributed by atoms with Gasteiger partial charge in [-0.25, -0.2) is 0 Å². The first-order chi connectivity index (χ1) is 9.88. The van der Waals surface area contributed by atoms with Crippen LogP contribution in [0.15, 0.2) is 38.4 Å². The predicted molar refractivity (Wildman–Crippen MR) is 82.5 cm³/mol. The van der Waals surface area contributed by atoms with Gasteiger partial charge < -0.3 is 14.2 Å². The summed E-state index contributed by atoms with van der Waals surface area (Å²) in [7, 11) is 0. The lowest BCUT2D eigenvalue weighted by atomic mass is 9.99. The highest BCUT2D eigenvalue weighted by Crippen LogP contribution is 2.39. The second-order valence-electron chi connectivity index (χ2n) is 5.34. The zero-order valence-electron chi connectivity index (χ0n) is 11.4. The summed E-state index contributed by atoms with van der Waals surface area (Å²) in [5.74, 6) is 0. The summed E-state index contributed by atoms with van der Waals surface area (Å²) in [5, 5.41) is 5.94. The largest absolute Gasteiger partial charge is 0.464 e. The molecule has 1 N–H and O–H groups in total. The van der Waals surface area contributed by atoms with Crippen LogP contribution in [-0.2, 0) is 6.42 Å². The zero-order valence-corrected chi connectivity index (χ0v) is 12.3. The summed E-state index contributed by atoms with van der Waals surface area (Å²) in [6, 6.07) is 4.68. The van der Waals surface area contributed by atoms with Crippen LogP contribution >= 0.6 is 11.8 Å². The van der Waals surface area contributed by atoms with Crippen molar-refractivity contribution in [2.24, 2.45) is 0 Å². The number of hydrogen-bond acceptors (Lipinski definition) is 4. The first kappa shape index (κ1) is 12.4. The van der Waals surface area contributed by atoms with Gasteiger partial charge >= 0.3 is 0 Å². The van der Waals surface area contributed by atoms with Crippen molar-refractivity contribution in [3.8, 4) is 0 Å². The molecule has 4 heteroatoms. The first-order valence-electron chi connectivity index (χ1n) is 7.05. The highest BCUT2D eigenvalue weighted by molar-refractivity contribution is 7.99. The molecular formula is C16H17NO2S. The molecule has 1 fully saturated rings. The molecule has 3 heterocycles. The van der Waals surface area contributed by atoms with Crippen LogP contribution in [0.1, 0.15) is 18.4 Å². The van der Waals surface area contributed by atoms with Gasteiger partial charge in [-0.05, 0) is 44.2 Å². The predicted octanol–water partition coefficient (Wildman–Crippen LogP) is 4.20. The Labute approximate surface area is 121 Å². The molecule has 1 aliphatic rings. The molecule has 1 unspecified atom stereocenters. The summed E-state index contributed by atoms with van der Waals surface area (Å²) in [4.78, 5) is 1.18. The van der Waals surface area contributed by atoms with E-state index < -0.39 is 0 Å². The molecule has 0 radical (unpaired) electrons. The molecule has 0 spiro atoms. The maximum Gasteiger partial charge on any atom is 0.148 e. The lowest BCUT2D eigenvalue weighted by Gasteiger charge is -2.13. The number of rotatable bonds is 3. The Hall–Kier alpha value is -1.39. The van der Waals surface area contributed by atoms with Gasteiger partial charge in [0.25, 0.3) is 0 Å². The molecule has 0 bridgehead atoms. The molecule has 20 heavy (non-hydrogen) atoms. The van der Waals surface area contributed by atoms with Crippen LogP contribution in [0.4, 0.5) is 0 Å². The average molecular weight is 287 g/mol. The lowest BCUT2D eigenvalue weighted by Crippen LogP contribution is -2.23. The Morgan fingerprint density at radius 3 is 2.75 bits per heavy atom. The molecule has 104 valence electrons. The first-order valence-corrected chi connectivity index (χ1v) is 8.27. The zero-order chi connectivity index (χ0) is 13.5. The maximum atomic E-state index is 5.80. The van der Waals surface area contributed by atoms with Crippen LogP contribution in [0.2, 0.25) is 0 Å². The second-order valence-corrected chi connectivity index (χ2v) is 6.15. The number of fused-ring (bicyclic) bond motifs is 2. The monoisotopic (exact) mass is 287 g/mol. The van der Waals surface area contributed by atoms with Crippen LogP contribution in [0, 0.1) is 0 Å². The quantitative estimate of drug-likeness (QED) is 0.733. The Balaban J connectivity index is 1.95. The van der Waals surface area contributed by atoms with Gasteiger partial charge in [-0.3, -0.25) is 0 Å². The topological polar surface area (TPSA) is 38.3 Å². The molecule has 0 aliphatic carbocycles. The number of furan rings is 2. The molecular weight excluding hydrogens is 270 g/mol. The minimum atomic E-state index is 0.557. The van der Waals surface area contributed by atoms with E-state index in [1.165, 1.54) is 34.1 Å². The summed E-state index contributed by atoms with van der Waals surface area (Å²) >= 11 is 1.72. The van der Waals surface area contributed by atoms with Crippen LogP contribution in [-0.4, -0.2) is 18.8 Å². The third-order valence-corrected chi connectivity index (χ3v) is 5.01. The van der Waals surface area contributed by atoms with Crippen molar-refractivity contribution < 1.29 is 8.83 Å². The van der Waals surface area contributed by atoms with Gasteiger partial charge in [0, 0.05) is 22.4 Å². The fourth-order valence-electron chi connectivity index (χ4n) is 3.27. The van der Waals surface area contributed by atoms with Crippen molar-refractivity contribution in [2.75, 3.05) is 12.8 Å². The fourth-order valence-corrected chi connectivity index (χ4v) is 4.00. The summed E-state index contributed by atoms with van der Waals surface area (Å²) in [6.45, 7) is 1.13. The molecule has 1 atom stereocenters. The van der Waals surface area contributed by atoms with Gasteiger partial charge in [0.2, 0.25) is 0 Å². The van der Waals surface area contributed by atoms with E-state index in [2.05, 4.69) is 23.7 Å². The van der Waals surface area contributed by atoms with Crippen molar-refractivity contribution in [3.63, 3.8) is 0 Å². The summed E-state index contributed by atoms with van der Waals surface area (Å²) < 4.78 is 11.5. The maximum absolute atomic E-state index is 5.80. The minimum absolute atomic E-state index is 0.557. The molecule has 3 nitrogen and oxygen atoms in total. The SMILES string of the molecule is CSc1c2ccoc2c(CC2CCCN2)c2ccoc12. The molecule has 1 saturated heterocycles. The van der Waals surface area contributed by atoms with Crippen molar-refractivity contribution >= 4 is 33.7 Å². The van der Waals surface area contributed by atoms with Gasteiger partial charge in [0.15, 0.2) is 0 Å². The third-order valence-electron chi connectivity index (χ3n) is 4.20. The van der Waals surface area contributed by atoms with E-state index in [0.717, 1.165) is 24.1 Å². The van der Waals surface area contributed by atoms with Gasteiger partial charge in [0.05, 0.1) is 17.4 Å². The van der Waals surface area contributed by atoms with Gasteiger partial charge in [0.1, 0.15) is 11.2 Å². The molecule has 1 aromatic carbocycles. The number of nitrogens with one attached hydrogen (secondary N) is 1. The van der Waals surface area contributed by atoms with Crippen LogP contribution in [0.25, 0.3) is 21.9 Å². The molecule has 0 saturated carbocycles. The van der Waals surface area contributed by atoms with Crippen molar-refractivity contribution in [2.45, 2.75) is 30.2 Å². The van der Waals surface area contributed by atoms with Crippen LogP contribution in [0.5, 0.6) is 0 Å². The normalized spacial score (nSPS) is 19.4. The van der Waals surface area contributed by atoms with E-state index in [1.807, 2.05) is 0 Å². The highest BCUT2D eigenvalue weighted by Gasteiger charge is 2.22. The smallest absolute Gasteiger partial charge is 0.148 e. The van der Waals surface area contributed by atoms with E-state index in [0.29, 0.717) is 6.04 Å². The third kappa shape index (κ3) is 1.79. The molecule has 0 amide bonds. The second kappa shape index (κ2) is 4.86. The van der Waals surface area contributed by atoms with Crippen molar-refractivity contribution in [1.29, 1.82) is 0 Å². The lowest BCUT2D eigenvalue weighted by molar-refractivity contribution is 0.581. The number of hydrogen-bond donors (Lipinski definition) is 1. The van der Waals surface area contributed by atoms with E-state index in [9.17, 15) is 0 Å². The summed E-state index contributed by atoms with van der Waals surface area (Å²) in [5.41, 5.74) is 3.31. The highest BCUT2D eigenvalue weighted by atomic mass is 32.2. The van der Waals surface area contributed by atoms with E-state index in [4.69, 9.17) is 8.83 Å². The van der Waals surface area contributed by atoms with Crippen LogP contribution < -0.4 is 5.32 Å². The minimum Gasteiger partial charge on any atom is -0.464 e. The number of thioether (sulfide) groups is 1. The standard InChI is InChI=1S/C16H17NO2S/c1-20-16-12-5-8-18-14(12)13(9-10-3-2-6-17-10)11-4-7-19-15(11)16/h4-5,7-8,10,17H,2-3,6,9H2,1H3. The van der Waals surface area contributed by atoms with Gasteiger partial charge in [-0.1, -0.05) is 0 Å². The Morgan fingerprint density at radius 2 is 2.00 bits per heavy atom. The van der Waals surface area contributed by atoms with E-state index in [1.54, 1.807) is 24.3 Å². The Kier molecular flexibility index (Phi) is 3.00. The summed E-state index contributed by atoms with van der Waals surface area (Å²) in [6.07, 6.45) is 9.18. The molecule has 4 rings (SSSR count). The van der Waals surface area contributed by atoms with E-state index in [-0.39, 0.29) is 0 Å². The van der Waals surface area contributed by atoms with E-state index >= 15 is 0 Å². The average Bonchev–Trinajstić information content (AvgIpc) is 3.19. The Bertz CT molecular complexity index is 701. The molecule has 2 aromatic heterocycles. The molecule has 1 aliphatic heterocycles. The Morgan fingerprint density at radius 1 is 1.20 bits per heavy atom. The molecule has 3 aromatic rings. The van der Waals surface area contributed by atoms with Gasteiger partial charge in [-0.2, -0.15) is 0 Å². The van der Waals surface area contributed by atoms with Gasteiger partial charge in [-0.15, -0.1) is 11.8 Å². The number of benzene rings is 1. The van der Waals surface area contributed by atoms with Crippen molar-refractivity contribution in [1.82, 2.24) is 5.32 Å².